The molecule has 8 aromatic carbocycles. The predicted molar refractivity (Wildman–Crippen MR) is 210 cm³/mol. The molecule has 230 valence electrons. The number of hydrogen-bond acceptors (Lipinski definition) is 3. The van der Waals surface area contributed by atoms with Gasteiger partial charge in [0.1, 0.15) is 11.2 Å². The van der Waals surface area contributed by atoms with E-state index in [1.165, 1.54) is 4.90 Å². The molecular formula is C46H29NOS. The summed E-state index contributed by atoms with van der Waals surface area (Å²) in [4.78, 5) is 1.48. The van der Waals surface area contributed by atoms with Crippen molar-refractivity contribution in [3.8, 4) is 22.3 Å². The molecule has 10 rings (SSSR count). The molecule has 10 aromatic rings. The molecule has 0 fully saturated rings. The number of fused-ring (bicyclic) bond motifs is 8. The Morgan fingerprint density at radius 3 is 2.18 bits per heavy atom. The van der Waals surface area contributed by atoms with Gasteiger partial charge >= 0.3 is 0 Å². The van der Waals surface area contributed by atoms with E-state index in [0.717, 1.165) is 36.3 Å². The molecule has 49 heavy (non-hydrogen) atoms. The van der Waals surface area contributed by atoms with E-state index in [-0.39, 0.29) is 52.7 Å². The Bertz CT molecular complexity index is 3270. The largest absolute Gasteiger partial charge is 0.455 e. The molecule has 0 amide bonds. The Hall–Kier alpha value is -6.16. The molecule has 3 heteroatoms. The second-order valence-electron chi connectivity index (χ2n) is 11.9. The topological polar surface area (TPSA) is 16.4 Å². The number of rotatable bonds is 5. The lowest BCUT2D eigenvalue weighted by Crippen LogP contribution is -2.11. The Morgan fingerprint density at radius 2 is 1.29 bits per heavy atom. The highest BCUT2D eigenvalue weighted by molar-refractivity contribution is 7.25. The fourth-order valence-corrected chi connectivity index (χ4v) is 7.89. The zero-order chi connectivity index (χ0) is 39.3. The third-order valence-corrected chi connectivity index (χ3v) is 10.2. The highest BCUT2D eigenvalue weighted by Gasteiger charge is 2.22. The van der Waals surface area contributed by atoms with E-state index >= 15 is 0 Å². The van der Waals surface area contributed by atoms with E-state index in [0.29, 0.717) is 33.4 Å². The van der Waals surface area contributed by atoms with Gasteiger partial charge in [0, 0.05) is 42.2 Å². The van der Waals surface area contributed by atoms with Crippen LogP contribution in [0.3, 0.4) is 0 Å². The maximum atomic E-state index is 9.71. The van der Waals surface area contributed by atoms with Crippen LogP contribution in [0.5, 0.6) is 0 Å². The number of benzene rings is 8. The third kappa shape index (κ3) is 4.55. The first-order chi connectivity index (χ1) is 27.6. The lowest BCUT2D eigenvalue weighted by Gasteiger charge is -2.28. The molecule has 0 unspecified atom stereocenters. The third-order valence-electron chi connectivity index (χ3n) is 9.06. The first-order valence-electron chi connectivity index (χ1n) is 19.9. The summed E-state index contributed by atoms with van der Waals surface area (Å²) in [5, 5.41) is 5.14. The van der Waals surface area contributed by atoms with Crippen LogP contribution in [-0.4, -0.2) is 0 Å². The van der Waals surface area contributed by atoms with Crippen LogP contribution in [-0.2, 0) is 0 Å². The summed E-state index contributed by atoms with van der Waals surface area (Å²) >= 11 is 1.64. The zero-order valence-corrected chi connectivity index (χ0v) is 26.7. The SMILES string of the molecule is [2H]c1c([2H])c([2H])c(N(c2c([2H])c([2H])c(-c3ccc4sc5ccccc5c4c3)c([2H])c2[2H])c2cccc3oc4c5ccccc5ccc4c23)c(-c2ccccc2)c1[2H]. The van der Waals surface area contributed by atoms with Crippen molar-refractivity contribution in [3.63, 3.8) is 0 Å². The zero-order valence-electron chi connectivity index (χ0n) is 33.9. The van der Waals surface area contributed by atoms with Gasteiger partial charge in [-0.3, -0.25) is 0 Å². The Kier molecular flexibility index (Phi) is 4.80. The lowest BCUT2D eigenvalue weighted by molar-refractivity contribution is 0.672. The van der Waals surface area contributed by atoms with Crippen LogP contribution < -0.4 is 4.90 Å². The fraction of sp³-hybridized carbons (Fsp3) is 0. The van der Waals surface area contributed by atoms with Crippen LogP contribution in [0.2, 0.25) is 0 Å². The number of nitrogens with zero attached hydrogens (tertiary/aromatic N) is 1. The predicted octanol–water partition coefficient (Wildman–Crippen LogP) is 13.9. The highest BCUT2D eigenvalue weighted by atomic mass is 32.1. The Balaban J connectivity index is 1.32. The van der Waals surface area contributed by atoms with E-state index < -0.39 is 18.1 Å². The van der Waals surface area contributed by atoms with Gasteiger partial charge in [-0.05, 0) is 76.6 Å². The standard InChI is InChI=1S/C46H29NOS/c1-2-11-31(12-3-1)35-14-6-8-17-40(35)47(41-18-10-19-42-45(41)38-27-23-32-13-4-5-15-36(32)46(38)48-42)34-25-21-30(22-26-34)33-24-28-44-39(29-33)37-16-7-9-20-43(37)49-44/h1-29H/i6D,8D,14D,17D,21D,22D,25D,26D. The molecule has 0 bridgehead atoms. The minimum Gasteiger partial charge on any atom is -0.455 e. The van der Waals surface area contributed by atoms with E-state index in [9.17, 15) is 8.22 Å². The van der Waals surface area contributed by atoms with Crippen LogP contribution in [0.25, 0.3) is 75.1 Å². The van der Waals surface area contributed by atoms with Crippen LogP contribution in [0, 0.1) is 0 Å². The average molecular weight is 652 g/mol. The van der Waals surface area contributed by atoms with Crippen molar-refractivity contribution >= 4 is 81.3 Å². The molecule has 2 aromatic heterocycles. The van der Waals surface area contributed by atoms with Gasteiger partial charge in [-0.1, -0.05) is 121 Å². The summed E-state index contributed by atoms with van der Waals surface area (Å²) in [6.45, 7) is 0. The Morgan fingerprint density at radius 1 is 0.510 bits per heavy atom. The van der Waals surface area contributed by atoms with Gasteiger partial charge in [0.05, 0.1) is 27.7 Å². The summed E-state index contributed by atoms with van der Waals surface area (Å²) in [6, 6.07) is 36.7. The second-order valence-corrected chi connectivity index (χ2v) is 13.0. The van der Waals surface area contributed by atoms with Crippen molar-refractivity contribution in [2.75, 3.05) is 4.90 Å². The molecule has 0 spiro atoms. The van der Waals surface area contributed by atoms with E-state index in [2.05, 4.69) is 0 Å². The summed E-state index contributed by atoms with van der Waals surface area (Å²) in [6.07, 6.45) is 0. The van der Waals surface area contributed by atoms with E-state index in [1.807, 2.05) is 91.0 Å². The summed E-state index contributed by atoms with van der Waals surface area (Å²) in [5.41, 5.74) is 2.56. The lowest BCUT2D eigenvalue weighted by atomic mass is 9.99. The quantitative estimate of drug-likeness (QED) is 0.184. The van der Waals surface area contributed by atoms with Gasteiger partial charge in [0.2, 0.25) is 0 Å². The molecular weight excluding hydrogens is 615 g/mol. The van der Waals surface area contributed by atoms with Gasteiger partial charge in [-0.25, -0.2) is 0 Å². The summed E-state index contributed by atoms with van der Waals surface area (Å²) < 4.78 is 83.5. The van der Waals surface area contributed by atoms with Crippen molar-refractivity contribution in [2.24, 2.45) is 0 Å². The molecule has 2 nitrogen and oxygen atoms in total. The van der Waals surface area contributed by atoms with Gasteiger partial charge in [-0.15, -0.1) is 11.3 Å². The first kappa shape index (κ1) is 20.9. The Labute approximate surface area is 299 Å². The molecule has 0 atom stereocenters. The van der Waals surface area contributed by atoms with Crippen LogP contribution in [0.1, 0.15) is 11.0 Å². The monoisotopic (exact) mass is 651 g/mol. The fourth-order valence-electron chi connectivity index (χ4n) is 6.81. The van der Waals surface area contributed by atoms with Crippen LogP contribution in [0.4, 0.5) is 17.1 Å². The second kappa shape index (κ2) is 11.2. The molecule has 0 saturated heterocycles. The minimum absolute atomic E-state index is 0.0189. The maximum Gasteiger partial charge on any atom is 0.143 e. The number of hydrogen-bond donors (Lipinski definition) is 0. The van der Waals surface area contributed by atoms with Crippen LogP contribution >= 0.6 is 11.3 Å². The average Bonchev–Trinajstić information content (AvgIpc) is 3.82. The molecule has 0 aliphatic carbocycles. The van der Waals surface area contributed by atoms with Crippen molar-refractivity contribution in [1.29, 1.82) is 0 Å². The number of furan rings is 1. The normalized spacial score (nSPS) is 14.0. The van der Waals surface area contributed by atoms with Crippen LogP contribution in [0.15, 0.2) is 180 Å². The molecule has 0 N–H and O–H groups in total. The highest BCUT2D eigenvalue weighted by Crippen LogP contribution is 2.47. The van der Waals surface area contributed by atoms with Gasteiger partial charge in [-0.2, -0.15) is 0 Å². The number of anilines is 3. The van der Waals surface area contributed by atoms with Gasteiger partial charge in [0.25, 0.3) is 0 Å². The minimum atomic E-state index is -0.502. The molecule has 2 heterocycles. The molecule has 0 radical (unpaired) electrons. The molecule has 0 aliphatic heterocycles. The van der Waals surface area contributed by atoms with Gasteiger partial charge < -0.3 is 9.32 Å². The van der Waals surface area contributed by atoms with E-state index in [1.54, 1.807) is 47.7 Å². The molecule has 0 saturated carbocycles. The van der Waals surface area contributed by atoms with Crippen molar-refractivity contribution in [1.82, 2.24) is 0 Å². The summed E-state index contributed by atoms with van der Waals surface area (Å²) in [7, 11) is 0. The number of para-hydroxylation sites is 1. The van der Waals surface area contributed by atoms with Crippen molar-refractivity contribution in [2.45, 2.75) is 0 Å². The smallest absolute Gasteiger partial charge is 0.143 e. The molecule has 0 aliphatic rings. The first-order valence-corrected chi connectivity index (χ1v) is 16.8. The van der Waals surface area contributed by atoms with E-state index in [4.69, 9.17) is 7.16 Å². The van der Waals surface area contributed by atoms with Gasteiger partial charge in [0.15, 0.2) is 0 Å². The van der Waals surface area contributed by atoms with Crippen molar-refractivity contribution < 1.29 is 15.4 Å². The summed E-state index contributed by atoms with van der Waals surface area (Å²) in [5.74, 6) is 0. The number of thiophene rings is 1. The van der Waals surface area contributed by atoms with Crippen molar-refractivity contribution in [3.05, 3.63) is 176 Å². The maximum absolute atomic E-state index is 9.71.